The summed E-state index contributed by atoms with van der Waals surface area (Å²) in [6.45, 7) is 1.33. The van der Waals surface area contributed by atoms with Crippen molar-refractivity contribution in [1.29, 1.82) is 0 Å². The van der Waals surface area contributed by atoms with Crippen LogP contribution in [0.3, 0.4) is 0 Å². The lowest BCUT2D eigenvalue weighted by Crippen LogP contribution is -2.16. The molecule has 92 valence electrons. The van der Waals surface area contributed by atoms with Gasteiger partial charge in [-0.1, -0.05) is 0 Å². The van der Waals surface area contributed by atoms with Crippen molar-refractivity contribution < 1.29 is 19.1 Å². The second kappa shape index (κ2) is 5.20. The molecule has 0 saturated carbocycles. The summed E-state index contributed by atoms with van der Waals surface area (Å²) < 4.78 is 10.1. The van der Waals surface area contributed by atoms with Gasteiger partial charge in [-0.2, -0.15) is 0 Å². The molecule has 0 radical (unpaired) electrons. The predicted molar refractivity (Wildman–Crippen MR) is 62.4 cm³/mol. The first kappa shape index (κ1) is 12.8. The van der Waals surface area contributed by atoms with Crippen LogP contribution in [-0.2, 0) is 4.79 Å². The Balaban J connectivity index is 3.34. The molecule has 0 aliphatic heterocycles. The summed E-state index contributed by atoms with van der Waals surface area (Å²) in [5, 5.41) is 2.51. The zero-order valence-corrected chi connectivity index (χ0v) is 9.87. The van der Waals surface area contributed by atoms with E-state index in [1.807, 2.05) is 0 Å². The van der Waals surface area contributed by atoms with E-state index in [2.05, 4.69) is 5.32 Å². The van der Waals surface area contributed by atoms with E-state index in [4.69, 9.17) is 15.2 Å². The number of amides is 2. The normalized spacial score (nSPS) is 9.59. The Hall–Kier alpha value is -2.24. The Kier molecular flexibility index (Phi) is 3.92. The van der Waals surface area contributed by atoms with Gasteiger partial charge in [0.15, 0.2) is 11.5 Å². The van der Waals surface area contributed by atoms with Gasteiger partial charge in [-0.3, -0.25) is 9.59 Å². The van der Waals surface area contributed by atoms with Crippen LogP contribution in [0, 0.1) is 0 Å². The summed E-state index contributed by atoms with van der Waals surface area (Å²) in [5.74, 6) is -0.189. The van der Waals surface area contributed by atoms with Gasteiger partial charge >= 0.3 is 0 Å². The summed E-state index contributed by atoms with van der Waals surface area (Å²) in [7, 11) is 2.90. The highest BCUT2D eigenvalue weighted by atomic mass is 16.5. The Morgan fingerprint density at radius 3 is 2.12 bits per heavy atom. The van der Waals surface area contributed by atoms with Crippen molar-refractivity contribution in [2.75, 3.05) is 19.5 Å². The number of hydrogen-bond acceptors (Lipinski definition) is 4. The fraction of sp³-hybridized carbons (Fsp3) is 0.273. The van der Waals surface area contributed by atoms with E-state index in [-0.39, 0.29) is 11.5 Å². The van der Waals surface area contributed by atoms with Crippen molar-refractivity contribution in [3.8, 4) is 11.5 Å². The highest BCUT2D eigenvalue weighted by Gasteiger charge is 2.15. The van der Waals surface area contributed by atoms with Crippen LogP contribution in [0.1, 0.15) is 17.3 Å². The van der Waals surface area contributed by atoms with Crippen LogP contribution in [0.5, 0.6) is 11.5 Å². The average Bonchev–Trinajstić information content (AvgIpc) is 2.27. The van der Waals surface area contributed by atoms with Crippen LogP contribution >= 0.6 is 0 Å². The van der Waals surface area contributed by atoms with E-state index in [9.17, 15) is 9.59 Å². The number of ether oxygens (including phenoxy) is 2. The largest absolute Gasteiger partial charge is 0.493 e. The number of rotatable bonds is 4. The third-order valence-corrected chi connectivity index (χ3v) is 2.10. The maximum absolute atomic E-state index is 11.2. The smallest absolute Gasteiger partial charge is 0.250 e. The number of hydrogen-bond donors (Lipinski definition) is 2. The molecule has 1 aromatic rings. The van der Waals surface area contributed by atoms with E-state index in [0.29, 0.717) is 17.2 Å². The van der Waals surface area contributed by atoms with Gasteiger partial charge in [-0.15, -0.1) is 0 Å². The van der Waals surface area contributed by atoms with Crippen LogP contribution in [0.15, 0.2) is 12.1 Å². The van der Waals surface area contributed by atoms with E-state index >= 15 is 0 Å². The molecular formula is C11H14N2O4. The van der Waals surface area contributed by atoms with Crippen LogP contribution in [-0.4, -0.2) is 26.0 Å². The van der Waals surface area contributed by atoms with Crippen molar-refractivity contribution in [2.24, 2.45) is 5.73 Å². The van der Waals surface area contributed by atoms with Gasteiger partial charge in [-0.25, -0.2) is 0 Å². The maximum atomic E-state index is 11.2. The minimum atomic E-state index is -0.658. The number of carbonyl (C=O) groups is 2. The zero-order valence-electron chi connectivity index (χ0n) is 9.87. The Morgan fingerprint density at radius 1 is 1.18 bits per heavy atom. The highest BCUT2D eigenvalue weighted by Crippen LogP contribution is 2.33. The van der Waals surface area contributed by atoms with Crippen LogP contribution in [0.4, 0.5) is 5.69 Å². The maximum Gasteiger partial charge on any atom is 0.250 e. The first-order valence-electron chi connectivity index (χ1n) is 4.83. The van der Waals surface area contributed by atoms with Gasteiger partial charge < -0.3 is 20.5 Å². The molecule has 1 aromatic carbocycles. The third kappa shape index (κ3) is 2.87. The molecule has 6 nitrogen and oxygen atoms in total. The fourth-order valence-electron chi connectivity index (χ4n) is 1.38. The van der Waals surface area contributed by atoms with Crippen LogP contribution in [0.2, 0.25) is 0 Å². The minimum Gasteiger partial charge on any atom is -0.493 e. The molecule has 0 aliphatic rings. The molecule has 3 N–H and O–H groups in total. The molecule has 1 rings (SSSR count). The number of carbonyl (C=O) groups excluding carboxylic acids is 2. The summed E-state index contributed by atoms with van der Waals surface area (Å²) in [4.78, 5) is 22.3. The highest BCUT2D eigenvalue weighted by molar-refractivity contribution is 6.03. The van der Waals surface area contributed by atoms with Crippen molar-refractivity contribution in [3.05, 3.63) is 17.7 Å². The van der Waals surface area contributed by atoms with Crippen LogP contribution < -0.4 is 20.5 Å². The molecular weight excluding hydrogens is 224 g/mol. The van der Waals surface area contributed by atoms with Gasteiger partial charge in [0.1, 0.15) is 0 Å². The molecule has 0 fully saturated rings. The van der Waals surface area contributed by atoms with E-state index in [1.165, 1.54) is 33.3 Å². The van der Waals surface area contributed by atoms with E-state index in [1.54, 1.807) is 0 Å². The van der Waals surface area contributed by atoms with Crippen molar-refractivity contribution in [1.82, 2.24) is 0 Å². The molecule has 17 heavy (non-hydrogen) atoms. The molecule has 0 saturated heterocycles. The van der Waals surface area contributed by atoms with Crippen LogP contribution in [0.25, 0.3) is 0 Å². The summed E-state index contributed by atoms with van der Waals surface area (Å²) in [6.07, 6.45) is 0. The number of anilines is 1. The number of primary amides is 1. The number of benzene rings is 1. The Morgan fingerprint density at radius 2 is 1.71 bits per heavy atom. The lowest BCUT2D eigenvalue weighted by molar-refractivity contribution is -0.114. The van der Waals surface area contributed by atoms with Gasteiger partial charge in [0.2, 0.25) is 5.91 Å². The molecule has 0 bridgehead atoms. The first-order chi connectivity index (χ1) is 7.99. The first-order valence-corrected chi connectivity index (χ1v) is 4.83. The average molecular weight is 238 g/mol. The fourth-order valence-corrected chi connectivity index (χ4v) is 1.38. The zero-order chi connectivity index (χ0) is 13.0. The molecule has 0 heterocycles. The van der Waals surface area contributed by atoms with Gasteiger partial charge in [0, 0.05) is 13.0 Å². The predicted octanol–water partition coefficient (Wildman–Crippen LogP) is 0.761. The van der Waals surface area contributed by atoms with E-state index in [0.717, 1.165) is 0 Å². The lowest BCUT2D eigenvalue weighted by Gasteiger charge is -2.13. The molecule has 6 heteroatoms. The van der Waals surface area contributed by atoms with Gasteiger partial charge in [0.05, 0.1) is 25.5 Å². The lowest BCUT2D eigenvalue weighted by atomic mass is 10.1. The van der Waals surface area contributed by atoms with Crippen molar-refractivity contribution in [3.63, 3.8) is 0 Å². The Labute approximate surface area is 98.7 Å². The quantitative estimate of drug-likeness (QED) is 0.810. The van der Waals surface area contributed by atoms with Gasteiger partial charge in [-0.05, 0) is 6.07 Å². The molecule has 0 unspecified atom stereocenters. The summed E-state index contributed by atoms with van der Waals surface area (Å²) in [5.41, 5.74) is 5.68. The third-order valence-electron chi connectivity index (χ3n) is 2.10. The van der Waals surface area contributed by atoms with E-state index < -0.39 is 5.91 Å². The molecule has 0 aromatic heterocycles. The topological polar surface area (TPSA) is 90.6 Å². The van der Waals surface area contributed by atoms with Crippen molar-refractivity contribution in [2.45, 2.75) is 6.92 Å². The number of nitrogens with one attached hydrogen (secondary N) is 1. The Bertz CT molecular complexity index is 457. The summed E-state index contributed by atoms with van der Waals surface area (Å²) in [6, 6.07) is 2.91. The second-order valence-electron chi connectivity index (χ2n) is 3.30. The molecule has 2 amide bonds. The van der Waals surface area contributed by atoms with Crippen molar-refractivity contribution >= 4 is 17.5 Å². The van der Waals surface area contributed by atoms with Gasteiger partial charge in [0.25, 0.3) is 5.91 Å². The summed E-state index contributed by atoms with van der Waals surface area (Å²) >= 11 is 0. The molecule has 0 spiro atoms. The number of methoxy groups -OCH3 is 2. The molecule has 0 atom stereocenters. The second-order valence-corrected chi connectivity index (χ2v) is 3.30. The monoisotopic (exact) mass is 238 g/mol. The number of nitrogens with two attached hydrogens (primary N) is 1. The SMILES string of the molecule is COc1cc(NC(C)=O)c(C(N)=O)cc1OC. The molecule has 0 aliphatic carbocycles. The standard InChI is InChI=1S/C11H14N2O4/c1-6(14)13-8-5-10(17-3)9(16-2)4-7(8)11(12)15/h4-5H,1-3H3,(H2,12,15)(H,13,14). The minimum absolute atomic E-state index is 0.165.